The van der Waals surface area contributed by atoms with Crippen molar-refractivity contribution >= 4 is 40.3 Å². The molecule has 0 bridgehead atoms. The number of alkyl halides is 2. The largest absolute Gasteiger partial charge is 0.434 e. The fourth-order valence-electron chi connectivity index (χ4n) is 4.23. The molecule has 0 spiro atoms. The van der Waals surface area contributed by atoms with Gasteiger partial charge in [0, 0.05) is 17.4 Å². The van der Waals surface area contributed by atoms with E-state index in [1.54, 1.807) is 30.3 Å². The quantitative estimate of drug-likeness (QED) is 0.424. The van der Waals surface area contributed by atoms with E-state index in [4.69, 9.17) is 16.3 Å². The Bertz CT molecular complexity index is 1180. The molecule has 0 unspecified atom stereocenters. The smallest absolute Gasteiger partial charge is 0.387 e. The summed E-state index contributed by atoms with van der Waals surface area (Å²) in [4.78, 5) is 25.8. The van der Waals surface area contributed by atoms with Gasteiger partial charge in [-0.1, -0.05) is 55.3 Å². The van der Waals surface area contributed by atoms with E-state index in [1.807, 2.05) is 19.1 Å². The third kappa shape index (κ3) is 3.76. The number of carbonyl (C=O) groups excluding carboxylic acids is 2. The highest BCUT2D eigenvalue weighted by molar-refractivity contribution is 6.34. The van der Waals surface area contributed by atoms with Crippen molar-refractivity contribution in [1.82, 2.24) is 0 Å². The normalized spacial score (nSPS) is 13.2. The number of ether oxygens (including phenoxy) is 1. The average Bonchev–Trinajstić information content (AvgIpc) is 3.07. The van der Waals surface area contributed by atoms with Crippen molar-refractivity contribution in [2.45, 2.75) is 39.3 Å². The second-order valence-electron chi connectivity index (χ2n) is 7.38. The molecule has 3 aromatic rings. The zero-order valence-corrected chi connectivity index (χ0v) is 17.6. The molecule has 0 aliphatic carbocycles. The lowest BCUT2D eigenvalue weighted by molar-refractivity contribution is -0.107. The lowest BCUT2D eigenvalue weighted by Gasteiger charge is -2.18. The number of hydrogen-bond acceptors (Lipinski definition) is 3. The average molecular weight is 444 g/mol. The molecule has 7 heteroatoms. The maximum atomic E-state index is 13.5. The predicted molar refractivity (Wildman–Crippen MR) is 116 cm³/mol. The molecule has 160 valence electrons. The SMILES string of the molecule is CCCc1c2c(c(OC(F)F)c3ccccc13)CN(c1ccc(CC=O)cc1Cl)C2=O. The highest BCUT2D eigenvalue weighted by Gasteiger charge is 2.36. The fourth-order valence-corrected chi connectivity index (χ4v) is 4.54. The van der Waals surface area contributed by atoms with E-state index in [1.165, 1.54) is 4.90 Å². The van der Waals surface area contributed by atoms with Gasteiger partial charge in [0.1, 0.15) is 12.0 Å². The summed E-state index contributed by atoms with van der Waals surface area (Å²) in [5.41, 5.74) is 2.87. The molecule has 0 aromatic heterocycles. The molecular formula is C24H20ClF2NO3. The van der Waals surface area contributed by atoms with Crippen LogP contribution in [0.2, 0.25) is 5.02 Å². The molecule has 1 amide bonds. The van der Waals surface area contributed by atoms with Crippen molar-refractivity contribution in [2.75, 3.05) is 4.90 Å². The number of benzene rings is 3. The first-order valence-electron chi connectivity index (χ1n) is 10.0. The van der Waals surface area contributed by atoms with Gasteiger partial charge >= 0.3 is 6.61 Å². The fraction of sp³-hybridized carbons (Fsp3) is 0.250. The zero-order chi connectivity index (χ0) is 22.1. The summed E-state index contributed by atoms with van der Waals surface area (Å²) in [6, 6.07) is 12.2. The van der Waals surface area contributed by atoms with Gasteiger partial charge in [0.15, 0.2) is 0 Å². The zero-order valence-electron chi connectivity index (χ0n) is 16.8. The van der Waals surface area contributed by atoms with Crippen molar-refractivity contribution < 1.29 is 23.1 Å². The summed E-state index contributed by atoms with van der Waals surface area (Å²) in [5.74, 6) is -0.265. The number of aryl methyl sites for hydroxylation is 1. The lowest BCUT2D eigenvalue weighted by Crippen LogP contribution is -2.24. The molecule has 4 rings (SSSR count). The first-order chi connectivity index (χ1) is 15.0. The van der Waals surface area contributed by atoms with Crippen molar-refractivity contribution in [3.05, 3.63) is 69.7 Å². The van der Waals surface area contributed by atoms with Gasteiger partial charge in [-0.05, 0) is 35.1 Å². The summed E-state index contributed by atoms with van der Waals surface area (Å²) in [6.45, 7) is -0.936. The van der Waals surface area contributed by atoms with Crippen LogP contribution in [0.15, 0.2) is 42.5 Å². The van der Waals surface area contributed by atoms with E-state index in [2.05, 4.69) is 0 Å². The number of anilines is 1. The topological polar surface area (TPSA) is 46.6 Å². The number of amides is 1. The molecule has 3 aromatic carbocycles. The van der Waals surface area contributed by atoms with Crippen molar-refractivity contribution in [2.24, 2.45) is 0 Å². The number of fused-ring (bicyclic) bond motifs is 2. The van der Waals surface area contributed by atoms with Crippen LogP contribution < -0.4 is 9.64 Å². The molecule has 1 aliphatic heterocycles. The third-order valence-electron chi connectivity index (χ3n) is 5.48. The molecule has 1 heterocycles. The third-order valence-corrected chi connectivity index (χ3v) is 5.78. The van der Waals surface area contributed by atoms with Crippen LogP contribution >= 0.6 is 11.6 Å². The van der Waals surface area contributed by atoms with Crippen LogP contribution in [-0.2, 0) is 24.2 Å². The van der Waals surface area contributed by atoms with Crippen molar-refractivity contribution in [3.8, 4) is 5.75 Å². The van der Waals surface area contributed by atoms with E-state index in [0.717, 1.165) is 29.2 Å². The highest BCUT2D eigenvalue weighted by atomic mass is 35.5. The van der Waals surface area contributed by atoms with Crippen LogP contribution in [0.5, 0.6) is 5.75 Å². The van der Waals surface area contributed by atoms with Crippen LogP contribution in [0.3, 0.4) is 0 Å². The van der Waals surface area contributed by atoms with Gasteiger partial charge in [0.2, 0.25) is 0 Å². The van der Waals surface area contributed by atoms with Crippen LogP contribution in [0, 0.1) is 0 Å². The summed E-state index contributed by atoms with van der Waals surface area (Å²) in [7, 11) is 0. The molecule has 0 saturated carbocycles. The van der Waals surface area contributed by atoms with E-state index in [-0.39, 0.29) is 24.6 Å². The molecule has 0 N–H and O–H groups in total. The molecule has 1 aliphatic rings. The first-order valence-corrected chi connectivity index (χ1v) is 10.4. The molecule has 4 nitrogen and oxygen atoms in total. The standard InChI is InChI=1S/C24H20ClF2NO3/c1-2-5-16-15-6-3-4-7-17(15)22(31-24(26)27)18-13-28(23(30)21(16)18)20-9-8-14(10-11-29)12-19(20)25/h3-4,6-9,11-12,24H,2,5,10,13H2,1H3. The predicted octanol–water partition coefficient (Wildman–Crippen LogP) is 5.95. The summed E-state index contributed by atoms with van der Waals surface area (Å²) in [5, 5.41) is 1.62. The van der Waals surface area contributed by atoms with Gasteiger partial charge < -0.3 is 14.4 Å². The summed E-state index contributed by atoms with van der Waals surface area (Å²) >= 11 is 6.42. The van der Waals surface area contributed by atoms with E-state index >= 15 is 0 Å². The number of halogens is 3. The van der Waals surface area contributed by atoms with E-state index in [9.17, 15) is 18.4 Å². The van der Waals surface area contributed by atoms with Gasteiger partial charge in [-0.3, -0.25) is 4.79 Å². The minimum Gasteiger partial charge on any atom is -0.434 e. The summed E-state index contributed by atoms with van der Waals surface area (Å²) < 4.78 is 31.5. The maximum Gasteiger partial charge on any atom is 0.387 e. The van der Waals surface area contributed by atoms with Gasteiger partial charge in [0.25, 0.3) is 5.91 Å². The molecule has 0 radical (unpaired) electrons. The van der Waals surface area contributed by atoms with Gasteiger partial charge in [-0.2, -0.15) is 8.78 Å². The Morgan fingerprint density at radius 3 is 2.58 bits per heavy atom. The highest BCUT2D eigenvalue weighted by Crippen LogP contribution is 2.44. The Morgan fingerprint density at radius 2 is 1.94 bits per heavy atom. The molecule has 0 saturated heterocycles. The second kappa shape index (κ2) is 8.63. The maximum absolute atomic E-state index is 13.5. The minimum absolute atomic E-state index is 0.0324. The Balaban J connectivity index is 1.91. The second-order valence-corrected chi connectivity index (χ2v) is 7.79. The Hall–Kier alpha value is -2.99. The molecule has 0 atom stereocenters. The summed E-state index contributed by atoms with van der Waals surface area (Å²) in [6.07, 6.45) is 2.41. The Kier molecular flexibility index (Phi) is 5.92. The van der Waals surface area contributed by atoms with Crippen molar-refractivity contribution in [3.63, 3.8) is 0 Å². The Morgan fingerprint density at radius 1 is 1.19 bits per heavy atom. The molecular weight excluding hydrogens is 424 g/mol. The van der Waals surface area contributed by atoms with Gasteiger partial charge in [-0.25, -0.2) is 0 Å². The monoisotopic (exact) mass is 443 g/mol. The van der Waals surface area contributed by atoms with Crippen LogP contribution in [-0.4, -0.2) is 18.8 Å². The van der Waals surface area contributed by atoms with E-state index in [0.29, 0.717) is 33.6 Å². The number of carbonyl (C=O) groups is 2. The number of hydrogen-bond donors (Lipinski definition) is 0. The molecule has 0 fully saturated rings. The van der Waals surface area contributed by atoms with Crippen LogP contribution in [0.1, 0.15) is 40.4 Å². The van der Waals surface area contributed by atoms with Crippen LogP contribution in [0.25, 0.3) is 10.8 Å². The first kappa shape index (κ1) is 21.2. The molecule has 31 heavy (non-hydrogen) atoms. The minimum atomic E-state index is -3.01. The number of nitrogens with zero attached hydrogens (tertiary/aromatic N) is 1. The van der Waals surface area contributed by atoms with Gasteiger partial charge in [0.05, 0.1) is 22.8 Å². The van der Waals surface area contributed by atoms with Crippen LogP contribution in [0.4, 0.5) is 14.5 Å². The Labute approximate surface area is 183 Å². The number of aldehydes is 1. The number of rotatable bonds is 7. The van der Waals surface area contributed by atoms with Crippen molar-refractivity contribution in [1.29, 1.82) is 0 Å². The van der Waals surface area contributed by atoms with E-state index < -0.39 is 6.61 Å². The van der Waals surface area contributed by atoms with Gasteiger partial charge in [-0.15, -0.1) is 0 Å². The lowest BCUT2D eigenvalue weighted by atomic mass is 9.91.